The summed E-state index contributed by atoms with van der Waals surface area (Å²) in [6.45, 7) is 3.88. The lowest BCUT2D eigenvalue weighted by molar-refractivity contribution is -0.138. The van der Waals surface area contributed by atoms with Crippen LogP contribution in [-0.2, 0) is 19.7 Å². The first-order valence-electron chi connectivity index (χ1n) is 9.87. The van der Waals surface area contributed by atoms with Gasteiger partial charge in [-0.3, -0.25) is 9.59 Å². The number of amidine groups is 1. The first-order chi connectivity index (χ1) is 16.1. The van der Waals surface area contributed by atoms with Gasteiger partial charge in [-0.1, -0.05) is 29.5 Å². The molecule has 34 heavy (non-hydrogen) atoms. The molecule has 1 amide bonds. The first-order valence-corrected chi connectivity index (χ1v) is 13.2. The van der Waals surface area contributed by atoms with Gasteiger partial charge in [-0.05, 0) is 66.3 Å². The summed E-state index contributed by atoms with van der Waals surface area (Å²) in [5.74, 6) is -1.25. The number of carbonyl (C=O) groups excluding carboxylic acids is 1. The van der Waals surface area contributed by atoms with E-state index in [0.717, 1.165) is 17.3 Å². The molecule has 0 aliphatic carbocycles. The number of amides is 1. The van der Waals surface area contributed by atoms with Crippen LogP contribution in [0.2, 0.25) is 0 Å². The Labute approximate surface area is 214 Å². The summed E-state index contributed by atoms with van der Waals surface area (Å²) in [5.41, 5.74) is 1.47. The molecule has 2 N–H and O–H groups in total. The van der Waals surface area contributed by atoms with E-state index in [4.69, 9.17) is 14.0 Å². The SMILES string of the molecule is CCOc1cc(/C=N\N=C2\NC(=O)[C@H](CC(=O)O)S2)cc(I)c1OS(=O)(=O)c1ccc(C)cc1. The lowest BCUT2D eigenvalue weighted by Crippen LogP contribution is -2.26. The summed E-state index contributed by atoms with van der Waals surface area (Å²) < 4.78 is 37.0. The number of nitrogens with zero attached hydrogens (tertiary/aromatic N) is 2. The molecule has 1 heterocycles. The maximum Gasteiger partial charge on any atom is 0.339 e. The van der Waals surface area contributed by atoms with E-state index < -0.39 is 27.2 Å². The van der Waals surface area contributed by atoms with Crippen molar-refractivity contribution < 1.29 is 32.0 Å². The molecule has 0 spiro atoms. The molecule has 2 aromatic rings. The van der Waals surface area contributed by atoms with Crippen molar-refractivity contribution >= 4 is 67.7 Å². The van der Waals surface area contributed by atoms with E-state index in [9.17, 15) is 18.0 Å². The summed E-state index contributed by atoms with van der Waals surface area (Å²) in [5, 5.41) is 18.6. The van der Waals surface area contributed by atoms with Crippen molar-refractivity contribution in [2.45, 2.75) is 30.4 Å². The van der Waals surface area contributed by atoms with Crippen LogP contribution >= 0.6 is 34.4 Å². The number of carboxylic acids is 1. The van der Waals surface area contributed by atoms with Crippen molar-refractivity contribution in [2.75, 3.05) is 6.61 Å². The van der Waals surface area contributed by atoms with Crippen LogP contribution in [0.1, 0.15) is 24.5 Å². The van der Waals surface area contributed by atoms with E-state index in [1.165, 1.54) is 18.3 Å². The second-order valence-electron chi connectivity index (χ2n) is 6.96. The third kappa shape index (κ3) is 6.70. The van der Waals surface area contributed by atoms with Gasteiger partial charge in [0.2, 0.25) is 5.91 Å². The molecule has 2 aromatic carbocycles. The van der Waals surface area contributed by atoms with Crippen LogP contribution in [0.25, 0.3) is 0 Å². The van der Waals surface area contributed by atoms with Crippen molar-refractivity contribution in [3.8, 4) is 11.5 Å². The minimum absolute atomic E-state index is 0.0233. The standard InChI is InChI=1S/C21H20IN3O7S2/c1-3-31-16-9-13(11-23-25-21-24-20(28)17(33-21)10-18(26)27)8-15(22)19(16)32-34(29,30)14-6-4-12(2)5-7-14/h4-9,11,17H,3,10H2,1-2H3,(H,26,27)(H,24,25,28)/b23-11-/t17-/m0/s1. The molecular weight excluding hydrogens is 597 g/mol. The molecule has 10 nitrogen and oxygen atoms in total. The Bertz CT molecular complexity index is 1260. The van der Waals surface area contributed by atoms with E-state index in [-0.39, 0.29) is 34.6 Å². The molecule has 3 rings (SSSR count). The molecule has 0 unspecified atom stereocenters. The minimum atomic E-state index is -4.08. The fraction of sp³-hybridized carbons (Fsp3) is 0.238. The Balaban J connectivity index is 1.81. The van der Waals surface area contributed by atoms with Gasteiger partial charge < -0.3 is 19.3 Å². The molecule has 1 fully saturated rings. The smallest absolute Gasteiger partial charge is 0.339 e. The van der Waals surface area contributed by atoms with Crippen LogP contribution in [0.15, 0.2) is 51.5 Å². The topological polar surface area (TPSA) is 144 Å². The molecule has 1 aliphatic rings. The highest BCUT2D eigenvalue weighted by Crippen LogP contribution is 2.36. The fourth-order valence-electron chi connectivity index (χ4n) is 2.76. The summed E-state index contributed by atoms with van der Waals surface area (Å²) in [6, 6.07) is 9.50. The monoisotopic (exact) mass is 617 g/mol. The average Bonchev–Trinajstić information content (AvgIpc) is 3.09. The number of hydrogen-bond donors (Lipinski definition) is 2. The number of carbonyl (C=O) groups is 2. The van der Waals surface area contributed by atoms with Crippen molar-refractivity contribution in [3.63, 3.8) is 0 Å². The van der Waals surface area contributed by atoms with Gasteiger partial charge in [-0.2, -0.15) is 13.5 Å². The molecule has 180 valence electrons. The van der Waals surface area contributed by atoms with Gasteiger partial charge in [0.05, 0.1) is 22.8 Å². The lowest BCUT2D eigenvalue weighted by atomic mass is 10.2. The Morgan fingerprint density at radius 1 is 1.29 bits per heavy atom. The zero-order valence-electron chi connectivity index (χ0n) is 18.0. The Hall–Kier alpha value is -2.65. The largest absolute Gasteiger partial charge is 0.490 e. The second-order valence-corrected chi connectivity index (χ2v) is 10.9. The van der Waals surface area contributed by atoms with Gasteiger partial charge in [-0.25, -0.2) is 0 Å². The van der Waals surface area contributed by atoms with Gasteiger partial charge in [-0.15, -0.1) is 5.10 Å². The molecule has 1 atom stereocenters. The fourth-order valence-corrected chi connectivity index (χ4v) is 5.52. The highest BCUT2D eigenvalue weighted by Gasteiger charge is 2.32. The van der Waals surface area contributed by atoms with Crippen molar-refractivity contribution in [2.24, 2.45) is 10.2 Å². The molecule has 13 heteroatoms. The zero-order valence-corrected chi connectivity index (χ0v) is 21.8. The van der Waals surface area contributed by atoms with Crippen LogP contribution in [0.5, 0.6) is 11.5 Å². The summed E-state index contributed by atoms with van der Waals surface area (Å²) in [7, 11) is -4.08. The average molecular weight is 617 g/mol. The number of rotatable bonds is 9. The molecule has 1 saturated heterocycles. The predicted molar refractivity (Wildman–Crippen MR) is 136 cm³/mol. The van der Waals surface area contributed by atoms with Gasteiger partial charge in [0.25, 0.3) is 0 Å². The molecule has 0 saturated carbocycles. The van der Waals surface area contributed by atoms with Gasteiger partial charge in [0, 0.05) is 0 Å². The zero-order chi connectivity index (χ0) is 24.9. The Morgan fingerprint density at radius 2 is 2.00 bits per heavy atom. The number of carboxylic acid groups (broad SMARTS) is 1. The number of ether oxygens (including phenoxy) is 1. The maximum absolute atomic E-state index is 12.7. The van der Waals surface area contributed by atoms with E-state index in [1.807, 2.05) is 29.5 Å². The van der Waals surface area contributed by atoms with Crippen LogP contribution in [-0.4, -0.2) is 48.6 Å². The Morgan fingerprint density at radius 3 is 2.65 bits per heavy atom. The third-order valence-corrected chi connectivity index (χ3v) is 7.44. The van der Waals surface area contributed by atoms with E-state index in [2.05, 4.69) is 15.5 Å². The number of halogens is 1. The molecule has 0 bridgehead atoms. The Kier molecular flexibility index (Phi) is 8.54. The number of aryl methyl sites for hydroxylation is 1. The van der Waals surface area contributed by atoms with Crippen LogP contribution < -0.4 is 14.2 Å². The van der Waals surface area contributed by atoms with Crippen molar-refractivity contribution in [1.82, 2.24) is 5.32 Å². The molecule has 0 radical (unpaired) electrons. The van der Waals surface area contributed by atoms with Crippen LogP contribution in [0.4, 0.5) is 0 Å². The normalized spacial score (nSPS) is 17.2. The van der Waals surface area contributed by atoms with Gasteiger partial charge >= 0.3 is 16.1 Å². The molecular formula is C21H20IN3O7S2. The highest BCUT2D eigenvalue weighted by atomic mass is 127. The summed E-state index contributed by atoms with van der Waals surface area (Å²) in [6.07, 6.45) is 1.08. The quantitative estimate of drug-likeness (QED) is 0.189. The first kappa shape index (κ1) is 26.0. The van der Waals surface area contributed by atoms with Gasteiger partial charge in [0.1, 0.15) is 10.1 Å². The highest BCUT2D eigenvalue weighted by molar-refractivity contribution is 14.1. The summed E-state index contributed by atoms with van der Waals surface area (Å²) in [4.78, 5) is 22.6. The lowest BCUT2D eigenvalue weighted by Gasteiger charge is -2.14. The van der Waals surface area contributed by atoms with Crippen LogP contribution in [0.3, 0.4) is 0 Å². The number of aliphatic carboxylic acids is 1. The molecule has 1 aliphatic heterocycles. The number of hydrogen-bond acceptors (Lipinski definition) is 9. The molecule has 0 aromatic heterocycles. The number of benzene rings is 2. The number of thioether (sulfide) groups is 1. The third-order valence-electron chi connectivity index (χ3n) is 4.33. The van der Waals surface area contributed by atoms with Crippen LogP contribution in [0, 0.1) is 10.5 Å². The minimum Gasteiger partial charge on any atom is -0.490 e. The van der Waals surface area contributed by atoms with E-state index in [1.54, 1.807) is 31.2 Å². The second kappa shape index (κ2) is 11.2. The van der Waals surface area contributed by atoms with Crippen molar-refractivity contribution in [1.29, 1.82) is 0 Å². The number of nitrogens with one attached hydrogen (secondary N) is 1. The predicted octanol–water partition coefficient (Wildman–Crippen LogP) is 3.16. The van der Waals surface area contributed by atoms with E-state index >= 15 is 0 Å². The van der Waals surface area contributed by atoms with E-state index in [0.29, 0.717) is 9.13 Å². The van der Waals surface area contributed by atoms with Crippen molar-refractivity contribution in [3.05, 3.63) is 51.1 Å². The van der Waals surface area contributed by atoms with Gasteiger partial charge in [0.15, 0.2) is 16.7 Å². The maximum atomic E-state index is 12.7. The summed E-state index contributed by atoms with van der Waals surface area (Å²) >= 11 is 2.92.